The first-order chi connectivity index (χ1) is 15.3. The summed E-state index contributed by atoms with van der Waals surface area (Å²) in [6.07, 6.45) is 8.61. The summed E-state index contributed by atoms with van der Waals surface area (Å²) in [4.78, 5) is 16.1. The summed E-state index contributed by atoms with van der Waals surface area (Å²) in [5.74, 6) is 6.92. The van der Waals surface area contributed by atoms with Crippen molar-refractivity contribution in [2.45, 2.75) is 65.7 Å². The van der Waals surface area contributed by atoms with E-state index in [0.29, 0.717) is 16.7 Å². The van der Waals surface area contributed by atoms with E-state index in [1.807, 2.05) is 0 Å². The predicted octanol–water partition coefficient (Wildman–Crippen LogP) is 5.92. The van der Waals surface area contributed by atoms with E-state index >= 15 is 0 Å². The average molecular weight is 456 g/mol. The lowest BCUT2D eigenvalue weighted by Gasteiger charge is -2.36. The molecule has 1 aromatic heterocycles. The van der Waals surface area contributed by atoms with Crippen LogP contribution in [-0.2, 0) is 4.74 Å². The number of carboxylic acids is 1. The van der Waals surface area contributed by atoms with Crippen LogP contribution in [0.4, 0.5) is 0 Å². The number of aromatic carboxylic acids is 1. The molecule has 0 spiro atoms. The van der Waals surface area contributed by atoms with Gasteiger partial charge >= 0.3 is 5.97 Å². The Hall–Kier alpha value is -1.61. The molecule has 174 valence electrons. The van der Waals surface area contributed by atoms with Crippen molar-refractivity contribution in [3.63, 3.8) is 0 Å². The zero-order valence-electron chi connectivity index (χ0n) is 19.8. The first-order valence-electron chi connectivity index (χ1n) is 12.2. The summed E-state index contributed by atoms with van der Waals surface area (Å²) < 4.78 is 5.60. The van der Waals surface area contributed by atoms with Crippen LogP contribution in [0.3, 0.4) is 0 Å². The first-order valence-corrected chi connectivity index (χ1v) is 13.0. The van der Waals surface area contributed by atoms with Gasteiger partial charge in [0.15, 0.2) is 0 Å². The molecule has 3 aliphatic rings. The second-order valence-corrected chi connectivity index (χ2v) is 11.8. The van der Waals surface area contributed by atoms with Crippen LogP contribution in [0.1, 0.15) is 85.8 Å². The number of carbonyl (C=O) groups is 1. The van der Waals surface area contributed by atoms with Crippen LogP contribution in [0, 0.1) is 29.1 Å². The SMILES string of the molecule is CC(C)(C)C#Cc1cc(C2=C(C3CCCCC3)CCN(CC3CCOC3)C2)c(C(=O)O)s1. The van der Waals surface area contributed by atoms with Gasteiger partial charge in [-0.2, -0.15) is 0 Å². The van der Waals surface area contributed by atoms with Gasteiger partial charge in [-0.1, -0.05) is 36.7 Å². The number of hydrogen-bond donors (Lipinski definition) is 1. The minimum atomic E-state index is -0.828. The first kappa shape index (κ1) is 23.5. The maximum atomic E-state index is 12.2. The second kappa shape index (κ2) is 10.1. The Morgan fingerprint density at radius 2 is 2.03 bits per heavy atom. The van der Waals surface area contributed by atoms with Crippen LogP contribution in [0.25, 0.3) is 5.57 Å². The molecule has 1 atom stereocenters. The second-order valence-electron chi connectivity index (χ2n) is 10.7. The van der Waals surface area contributed by atoms with Gasteiger partial charge < -0.3 is 9.84 Å². The van der Waals surface area contributed by atoms with Crippen molar-refractivity contribution in [1.82, 2.24) is 4.90 Å². The molecule has 1 saturated heterocycles. The number of hydrogen-bond acceptors (Lipinski definition) is 4. The molecular formula is C27H37NO3S. The highest BCUT2D eigenvalue weighted by atomic mass is 32.1. The van der Waals surface area contributed by atoms with Crippen LogP contribution in [0.5, 0.6) is 0 Å². The van der Waals surface area contributed by atoms with Crippen molar-refractivity contribution in [1.29, 1.82) is 0 Å². The summed E-state index contributed by atoms with van der Waals surface area (Å²) in [6, 6.07) is 2.06. The molecule has 1 N–H and O–H groups in total. The van der Waals surface area contributed by atoms with Gasteiger partial charge in [0.1, 0.15) is 4.88 Å². The highest BCUT2D eigenvalue weighted by Crippen LogP contribution is 2.41. The third-order valence-electron chi connectivity index (χ3n) is 6.92. The Bertz CT molecular complexity index is 915. The smallest absolute Gasteiger partial charge is 0.346 e. The van der Waals surface area contributed by atoms with Crippen molar-refractivity contribution < 1.29 is 14.6 Å². The number of thiophene rings is 1. The standard InChI is InChI=1S/C27H37NO3S/c1-27(2,3)12-9-21-15-23(25(32-21)26(29)30)24-17-28(16-19-11-14-31-18-19)13-10-22(24)20-7-5-4-6-8-20/h15,19-20H,4-8,10-11,13-14,16-18H2,1-3H3,(H,29,30). The molecule has 2 fully saturated rings. The van der Waals surface area contributed by atoms with E-state index < -0.39 is 5.97 Å². The summed E-state index contributed by atoms with van der Waals surface area (Å²) in [7, 11) is 0. The molecule has 1 aliphatic carbocycles. The molecule has 0 radical (unpaired) electrons. The summed E-state index contributed by atoms with van der Waals surface area (Å²) >= 11 is 1.34. The number of carboxylic acid groups (broad SMARTS) is 1. The van der Waals surface area contributed by atoms with Crippen molar-refractivity contribution in [3.05, 3.63) is 27.0 Å². The molecule has 0 amide bonds. The quantitative estimate of drug-likeness (QED) is 0.560. The average Bonchev–Trinajstić information content (AvgIpc) is 3.42. The molecule has 1 unspecified atom stereocenters. The van der Waals surface area contributed by atoms with Crippen LogP contribution < -0.4 is 0 Å². The van der Waals surface area contributed by atoms with Crippen LogP contribution >= 0.6 is 11.3 Å². The molecule has 5 heteroatoms. The van der Waals surface area contributed by atoms with Gasteiger partial charge in [0.2, 0.25) is 0 Å². The van der Waals surface area contributed by atoms with Crippen molar-refractivity contribution in [2.75, 3.05) is 32.8 Å². The van der Waals surface area contributed by atoms with E-state index in [9.17, 15) is 9.90 Å². The molecule has 32 heavy (non-hydrogen) atoms. The number of rotatable bonds is 5. The lowest BCUT2D eigenvalue weighted by atomic mass is 9.77. The minimum absolute atomic E-state index is 0.106. The van der Waals surface area contributed by atoms with E-state index in [0.717, 1.165) is 56.1 Å². The molecule has 2 aliphatic heterocycles. The molecule has 1 saturated carbocycles. The lowest BCUT2D eigenvalue weighted by molar-refractivity contribution is 0.0701. The van der Waals surface area contributed by atoms with Gasteiger partial charge in [-0.05, 0) is 69.9 Å². The molecule has 4 rings (SSSR count). The molecule has 3 heterocycles. The fourth-order valence-electron chi connectivity index (χ4n) is 5.33. The maximum Gasteiger partial charge on any atom is 0.346 e. The van der Waals surface area contributed by atoms with Crippen LogP contribution in [0.2, 0.25) is 0 Å². The molecule has 4 nitrogen and oxygen atoms in total. The van der Waals surface area contributed by atoms with Crippen LogP contribution in [0.15, 0.2) is 11.6 Å². The van der Waals surface area contributed by atoms with E-state index in [2.05, 4.69) is 43.6 Å². The summed E-state index contributed by atoms with van der Waals surface area (Å²) in [5.41, 5.74) is 3.62. The number of nitrogens with zero attached hydrogens (tertiary/aromatic N) is 1. The topological polar surface area (TPSA) is 49.8 Å². The minimum Gasteiger partial charge on any atom is -0.477 e. The van der Waals surface area contributed by atoms with Crippen molar-refractivity contribution in [2.24, 2.45) is 17.3 Å². The van der Waals surface area contributed by atoms with Gasteiger partial charge in [0, 0.05) is 37.2 Å². The normalized spacial score (nSPS) is 23.3. The summed E-state index contributed by atoms with van der Waals surface area (Å²) in [6.45, 7) is 11.0. The number of ether oxygens (including phenoxy) is 1. The van der Waals surface area contributed by atoms with E-state index in [-0.39, 0.29) is 5.41 Å². The monoisotopic (exact) mass is 455 g/mol. The zero-order valence-corrected chi connectivity index (χ0v) is 20.7. The Morgan fingerprint density at radius 3 is 2.69 bits per heavy atom. The largest absolute Gasteiger partial charge is 0.477 e. The predicted molar refractivity (Wildman–Crippen MR) is 131 cm³/mol. The maximum absolute atomic E-state index is 12.2. The van der Waals surface area contributed by atoms with Gasteiger partial charge in [-0.25, -0.2) is 4.79 Å². The fraction of sp³-hybridized carbons (Fsp3) is 0.667. The van der Waals surface area contributed by atoms with E-state index in [1.54, 1.807) is 0 Å². The molecule has 0 aromatic carbocycles. The third kappa shape index (κ3) is 5.84. The highest BCUT2D eigenvalue weighted by molar-refractivity contribution is 7.14. The van der Waals surface area contributed by atoms with Crippen LogP contribution in [-0.4, -0.2) is 48.8 Å². The third-order valence-corrected chi connectivity index (χ3v) is 7.96. The Morgan fingerprint density at radius 1 is 1.25 bits per heavy atom. The molecular weight excluding hydrogens is 418 g/mol. The van der Waals surface area contributed by atoms with Gasteiger partial charge in [0.05, 0.1) is 11.5 Å². The molecule has 1 aromatic rings. The Labute approximate surface area is 197 Å². The van der Waals surface area contributed by atoms with Gasteiger partial charge in [-0.15, -0.1) is 11.3 Å². The van der Waals surface area contributed by atoms with E-state index in [4.69, 9.17) is 4.74 Å². The fourth-order valence-corrected chi connectivity index (χ4v) is 6.20. The van der Waals surface area contributed by atoms with Gasteiger partial charge in [-0.3, -0.25) is 4.90 Å². The summed E-state index contributed by atoms with van der Waals surface area (Å²) in [5, 5.41) is 10.0. The molecule has 0 bridgehead atoms. The Balaban J connectivity index is 1.70. The van der Waals surface area contributed by atoms with Gasteiger partial charge in [0.25, 0.3) is 0 Å². The van der Waals surface area contributed by atoms with E-state index in [1.165, 1.54) is 54.6 Å². The highest BCUT2D eigenvalue weighted by Gasteiger charge is 2.31. The zero-order chi connectivity index (χ0) is 22.7. The van der Waals surface area contributed by atoms with Crippen molar-refractivity contribution in [3.8, 4) is 11.8 Å². The Kier molecular flexibility index (Phi) is 7.44. The lowest BCUT2D eigenvalue weighted by Crippen LogP contribution is -2.37. The van der Waals surface area contributed by atoms with Crippen molar-refractivity contribution >= 4 is 22.9 Å².